The van der Waals surface area contributed by atoms with E-state index in [0.717, 1.165) is 15.1 Å². The van der Waals surface area contributed by atoms with E-state index in [0.29, 0.717) is 23.6 Å². The Morgan fingerprint density at radius 3 is 2.27 bits per heavy atom. The molecule has 3 rings (SSSR count). The van der Waals surface area contributed by atoms with Crippen molar-refractivity contribution in [3.05, 3.63) is 77.3 Å². The molecule has 0 aliphatic rings. The van der Waals surface area contributed by atoms with Crippen LogP contribution in [0.2, 0.25) is 5.02 Å². The molecule has 0 saturated carbocycles. The first kappa shape index (κ1) is 28.6. The zero-order chi connectivity index (χ0) is 27.2. The summed E-state index contributed by atoms with van der Waals surface area (Å²) in [7, 11) is -2.58. The monoisotopic (exact) mass is 543 g/mol. The molecule has 9 heteroatoms. The lowest BCUT2D eigenvalue weighted by atomic mass is 10.1. The molecule has 0 heterocycles. The summed E-state index contributed by atoms with van der Waals surface area (Å²) in [4.78, 5) is 28.2. The fraction of sp³-hybridized carbons (Fsp3) is 0.357. The molecule has 2 amide bonds. The lowest BCUT2D eigenvalue weighted by molar-refractivity contribution is -0.141. The molecule has 198 valence electrons. The molecule has 0 saturated heterocycles. The van der Waals surface area contributed by atoms with E-state index in [4.69, 9.17) is 11.6 Å². The third-order valence-electron chi connectivity index (χ3n) is 6.16. The number of nitrogens with one attached hydrogen (secondary N) is 1. The third kappa shape index (κ3) is 7.09. The number of nitrogens with zero attached hydrogens (tertiary/aromatic N) is 2. The summed E-state index contributed by atoms with van der Waals surface area (Å²) in [6, 6.07) is 18.7. The number of fused-ring (bicyclic) bond motifs is 1. The maximum absolute atomic E-state index is 13.6. The Kier molecular flexibility index (Phi) is 9.70. The SMILES string of the molecule is CC[C@H](C(=O)NCC(C)C)N(Cc1ccccc1Cl)C(=O)CN(C)S(=O)(=O)c1ccc2ccccc2c1. The summed E-state index contributed by atoms with van der Waals surface area (Å²) in [5.74, 6) is -0.526. The van der Waals surface area contributed by atoms with Gasteiger partial charge in [-0.15, -0.1) is 0 Å². The Morgan fingerprint density at radius 1 is 0.973 bits per heavy atom. The highest BCUT2D eigenvalue weighted by Crippen LogP contribution is 2.23. The smallest absolute Gasteiger partial charge is 0.243 e. The zero-order valence-corrected chi connectivity index (χ0v) is 23.2. The predicted molar refractivity (Wildman–Crippen MR) is 148 cm³/mol. The number of carbonyl (C=O) groups excluding carboxylic acids is 2. The van der Waals surface area contributed by atoms with Crippen LogP contribution >= 0.6 is 11.6 Å². The Bertz CT molecular complexity index is 1360. The van der Waals surface area contributed by atoms with Crippen LogP contribution in [0, 0.1) is 5.92 Å². The maximum Gasteiger partial charge on any atom is 0.243 e. The molecule has 1 atom stereocenters. The van der Waals surface area contributed by atoms with Gasteiger partial charge in [-0.3, -0.25) is 9.59 Å². The molecule has 0 unspecified atom stereocenters. The predicted octanol–water partition coefficient (Wildman–Crippen LogP) is 4.69. The van der Waals surface area contributed by atoms with E-state index in [1.54, 1.807) is 36.4 Å². The lowest BCUT2D eigenvalue weighted by Crippen LogP contribution is -2.52. The van der Waals surface area contributed by atoms with Crippen molar-refractivity contribution in [3.8, 4) is 0 Å². The van der Waals surface area contributed by atoms with E-state index >= 15 is 0 Å². The molecule has 37 heavy (non-hydrogen) atoms. The Morgan fingerprint density at radius 2 is 1.62 bits per heavy atom. The van der Waals surface area contributed by atoms with Gasteiger partial charge in [0.2, 0.25) is 21.8 Å². The van der Waals surface area contributed by atoms with Crippen molar-refractivity contribution in [1.82, 2.24) is 14.5 Å². The molecule has 0 aromatic heterocycles. The minimum atomic E-state index is -3.95. The standard InChI is InChI=1S/C28H34ClN3O4S/c1-5-26(28(34)30-17-20(2)3)32(18-23-12-8-9-13-25(23)29)27(33)19-31(4)37(35,36)24-15-14-21-10-6-7-11-22(21)16-24/h6-16,20,26H,5,17-19H2,1-4H3,(H,30,34)/t26-/m1/s1. The van der Waals surface area contributed by atoms with Gasteiger partial charge in [0.1, 0.15) is 6.04 Å². The summed E-state index contributed by atoms with van der Waals surface area (Å²) in [6.45, 7) is 5.92. The van der Waals surface area contributed by atoms with E-state index in [-0.39, 0.29) is 23.3 Å². The maximum atomic E-state index is 13.6. The van der Waals surface area contributed by atoms with E-state index in [2.05, 4.69) is 5.32 Å². The van der Waals surface area contributed by atoms with Crippen molar-refractivity contribution in [2.75, 3.05) is 20.1 Å². The van der Waals surface area contributed by atoms with Crippen molar-refractivity contribution in [2.45, 2.75) is 44.7 Å². The number of hydrogen-bond donors (Lipinski definition) is 1. The fourth-order valence-electron chi connectivity index (χ4n) is 4.03. The number of likely N-dealkylation sites (N-methyl/N-ethyl adjacent to an activating group) is 1. The number of amides is 2. The van der Waals surface area contributed by atoms with Gasteiger partial charge in [-0.05, 0) is 46.9 Å². The molecule has 0 aliphatic heterocycles. The van der Waals surface area contributed by atoms with E-state index in [9.17, 15) is 18.0 Å². The Labute approximate surface area is 224 Å². The summed E-state index contributed by atoms with van der Waals surface area (Å²) in [5.41, 5.74) is 0.674. The number of carbonyl (C=O) groups is 2. The molecule has 7 nitrogen and oxygen atoms in total. The van der Waals surface area contributed by atoms with E-state index < -0.39 is 28.5 Å². The highest BCUT2D eigenvalue weighted by atomic mass is 35.5. The van der Waals surface area contributed by atoms with Crippen LogP contribution in [0.15, 0.2) is 71.6 Å². The van der Waals surface area contributed by atoms with Crippen LogP contribution in [0.5, 0.6) is 0 Å². The first-order chi connectivity index (χ1) is 17.5. The van der Waals surface area contributed by atoms with Gasteiger partial charge in [-0.1, -0.05) is 80.9 Å². The summed E-state index contributed by atoms with van der Waals surface area (Å²) >= 11 is 6.36. The number of hydrogen-bond acceptors (Lipinski definition) is 4. The van der Waals surface area contributed by atoms with Gasteiger partial charge in [-0.25, -0.2) is 8.42 Å². The molecule has 0 aliphatic carbocycles. The van der Waals surface area contributed by atoms with Gasteiger partial charge in [0.15, 0.2) is 0 Å². The van der Waals surface area contributed by atoms with Crippen LogP contribution in [-0.2, 0) is 26.2 Å². The summed E-state index contributed by atoms with van der Waals surface area (Å²) < 4.78 is 27.7. The summed E-state index contributed by atoms with van der Waals surface area (Å²) in [6.07, 6.45) is 0.362. The Balaban J connectivity index is 1.88. The molecule has 3 aromatic rings. The van der Waals surface area contributed by atoms with Crippen molar-refractivity contribution >= 4 is 44.2 Å². The average molecular weight is 544 g/mol. The molecule has 0 bridgehead atoms. The second kappa shape index (κ2) is 12.5. The second-order valence-electron chi connectivity index (χ2n) is 9.45. The van der Waals surface area contributed by atoms with Crippen molar-refractivity contribution in [2.24, 2.45) is 5.92 Å². The fourth-order valence-corrected chi connectivity index (χ4v) is 5.38. The topological polar surface area (TPSA) is 86.8 Å². The van der Waals surface area contributed by atoms with Crippen molar-refractivity contribution < 1.29 is 18.0 Å². The lowest BCUT2D eigenvalue weighted by Gasteiger charge is -2.32. The van der Waals surface area contributed by atoms with Crippen LogP contribution in [0.3, 0.4) is 0 Å². The molecular formula is C28H34ClN3O4S. The minimum absolute atomic E-state index is 0.0793. The van der Waals surface area contributed by atoms with Crippen molar-refractivity contribution in [1.29, 1.82) is 0 Å². The minimum Gasteiger partial charge on any atom is -0.354 e. The zero-order valence-electron chi connectivity index (χ0n) is 21.6. The van der Waals surface area contributed by atoms with E-state index in [1.807, 2.05) is 45.0 Å². The number of sulfonamides is 1. The summed E-state index contributed by atoms with van der Waals surface area (Å²) in [5, 5.41) is 5.07. The van der Waals surface area contributed by atoms with Crippen LogP contribution < -0.4 is 5.32 Å². The van der Waals surface area contributed by atoms with Gasteiger partial charge < -0.3 is 10.2 Å². The van der Waals surface area contributed by atoms with Gasteiger partial charge in [0.25, 0.3) is 0 Å². The van der Waals surface area contributed by atoms with Crippen molar-refractivity contribution in [3.63, 3.8) is 0 Å². The van der Waals surface area contributed by atoms with Crippen LogP contribution in [0.1, 0.15) is 32.8 Å². The normalized spacial score (nSPS) is 12.6. The molecule has 1 N–H and O–H groups in total. The van der Waals surface area contributed by atoms with Gasteiger partial charge >= 0.3 is 0 Å². The number of halogens is 1. The quantitative estimate of drug-likeness (QED) is 0.380. The number of benzene rings is 3. The van der Waals surface area contributed by atoms with Gasteiger partial charge in [0, 0.05) is 25.2 Å². The first-order valence-corrected chi connectivity index (χ1v) is 14.1. The molecule has 0 fully saturated rings. The molecule has 3 aromatic carbocycles. The first-order valence-electron chi connectivity index (χ1n) is 12.3. The van der Waals surface area contributed by atoms with E-state index in [1.165, 1.54) is 18.0 Å². The second-order valence-corrected chi connectivity index (χ2v) is 11.9. The van der Waals surface area contributed by atoms with Crippen LogP contribution in [-0.4, -0.2) is 55.6 Å². The molecular weight excluding hydrogens is 510 g/mol. The third-order valence-corrected chi connectivity index (χ3v) is 8.32. The van der Waals surface area contributed by atoms with Crippen LogP contribution in [0.4, 0.5) is 0 Å². The van der Waals surface area contributed by atoms with Gasteiger partial charge in [-0.2, -0.15) is 4.31 Å². The average Bonchev–Trinajstić information content (AvgIpc) is 2.87. The number of rotatable bonds is 11. The van der Waals surface area contributed by atoms with Crippen LogP contribution in [0.25, 0.3) is 10.8 Å². The van der Waals surface area contributed by atoms with Gasteiger partial charge in [0.05, 0.1) is 11.4 Å². The highest BCUT2D eigenvalue weighted by molar-refractivity contribution is 7.89. The molecule has 0 radical (unpaired) electrons. The Hall–Kier alpha value is -2.94. The largest absolute Gasteiger partial charge is 0.354 e. The highest BCUT2D eigenvalue weighted by Gasteiger charge is 2.32. The molecule has 0 spiro atoms.